The molecule has 2 aromatic heterocycles. The number of alkyl halides is 3. The van der Waals surface area contributed by atoms with E-state index in [2.05, 4.69) is 30.6 Å². The van der Waals surface area contributed by atoms with Crippen molar-refractivity contribution in [2.75, 3.05) is 11.9 Å². The summed E-state index contributed by atoms with van der Waals surface area (Å²) in [5.41, 5.74) is 0.303. The van der Waals surface area contributed by atoms with Crippen molar-refractivity contribution in [3.63, 3.8) is 0 Å². The minimum atomic E-state index is -4.44. The molecule has 8 nitrogen and oxygen atoms in total. The first kappa shape index (κ1) is 17.5. The molecule has 1 unspecified atom stereocenters. The number of urea groups is 1. The van der Waals surface area contributed by atoms with Gasteiger partial charge in [0.2, 0.25) is 5.88 Å². The summed E-state index contributed by atoms with van der Waals surface area (Å²) in [5, 5.41) is 12.7. The number of nitrogens with zero attached hydrogens (tertiary/aromatic N) is 4. The van der Waals surface area contributed by atoms with Crippen LogP contribution in [0.15, 0.2) is 24.7 Å². The maximum Gasteiger partial charge on any atom is 0.422 e. The number of carbonyl (C=O) groups is 1. The van der Waals surface area contributed by atoms with Gasteiger partial charge in [-0.05, 0) is 13.0 Å². The molecule has 0 saturated carbocycles. The predicted octanol–water partition coefficient (Wildman–Crippen LogP) is 2.03. The fourth-order valence-electron chi connectivity index (χ4n) is 1.81. The molecule has 2 amide bonds. The van der Waals surface area contributed by atoms with Crippen molar-refractivity contribution in [1.29, 1.82) is 0 Å². The largest absolute Gasteiger partial charge is 0.468 e. The SMILES string of the molecule is CC(NC(=O)Nc1ccc(OCC(F)(F)F)nc1)c1nncn1C. The van der Waals surface area contributed by atoms with E-state index < -0.39 is 18.8 Å². The zero-order valence-electron chi connectivity index (χ0n) is 12.8. The Kier molecular flexibility index (Phi) is 5.21. The normalized spacial score (nSPS) is 12.5. The number of carbonyl (C=O) groups excluding carboxylic acids is 1. The van der Waals surface area contributed by atoms with Crippen LogP contribution >= 0.6 is 0 Å². The smallest absolute Gasteiger partial charge is 0.422 e. The van der Waals surface area contributed by atoms with Crippen molar-refractivity contribution in [3.8, 4) is 5.88 Å². The van der Waals surface area contributed by atoms with E-state index in [1.54, 1.807) is 18.5 Å². The first-order valence-corrected chi connectivity index (χ1v) is 6.81. The molecule has 0 radical (unpaired) electrons. The lowest BCUT2D eigenvalue weighted by atomic mass is 10.3. The van der Waals surface area contributed by atoms with Crippen LogP contribution in [0.25, 0.3) is 0 Å². The van der Waals surface area contributed by atoms with Gasteiger partial charge >= 0.3 is 12.2 Å². The highest BCUT2D eigenvalue weighted by Gasteiger charge is 2.28. The Morgan fingerprint density at radius 2 is 2.17 bits per heavy atom. The Balaban J connectivity index is 1.87. The lowest BCUT2D eigenvalue weighted by Gasteiger charge is -2.14. The number of hydrogen-bond donors (Lipinski definition) is 2. The van der Waals surface area contributed by atoms with E-state index in [-0.39, 0.29) is 11.9 Å². The van der Waals surface area contributed by atoms with E-state index >= 15 is 0 Å². The topological polar surface area (TPSA) is 94.0 Å². The Hall–Kier alpha value is -2.85. The van der Waals surface area contributed by atoms with Gasteiger partial charge in [0.15, 0.2) is 12.4 Å². The molecular formula is C13H15F3N6O2. The number of anilines is 1. The van der Waals surface area contributed by atoms with E-state index in [0.29, 0.717) is 11.5 Å². The second-order valence-electron chi connectivity index (χ2n) is 4.91. The van der Waals surface area contributed by atoms with Crippen molar-refractivity contribution in [2.45, 2.75) is 19.1 Å². The summed E-state index contributed by atoms with van der Waals surface area (Å²) in [6.45, 7) is 0.304. The van der Waals surface area contributed by atoms with Crippen LogP contribution in [0.3, 0.4) is 0 Å². The highest BCUT2D eigenvalue weighted by Crippen LogP contribution is 2.18. The molecule has 11 heteroatoms. The molecule has 0 saturated heterocycles. The van der Waals surface area contributed by atoms with Gasteiger partial charge in [-0.25, -0.2) is 9.78 Å². The van der Waals surface area contributed by atoms with Gasteiger partial charge in [-0.1, -0.05) is 0 Å². The molecule has 2 rings (SSSR count). The standard InChI is InChI=1S/C13H15F3N6O2/c1-8(11-21-18-7-22(11)2)19-12(23)20-9-3-4-10(17-5-9)24-6-13(14,15)16/h3-5,7-8H,6H2,1-2H3,(H2,19,20,23). The minimum absolute atomic E-state index is 0.189. The van der Waals surface area contributed by atoms with Crippen LogP contribution in [0.1, 0.15) is 18.8 Å². The van der Waals surface area contributed by atoms with Crippen LogP contribution in [0.2, 0.25) is 0 Å². The molecule has 2 aromatic rings. The van der Waals surface area contributed by atoms with Gasteiger partial charge in [0, 0.05) is 13.1 Å². The lowest BCUT2D eigenvalue weighted by Crippen LogP contribution is -2.32. The molecule has 1 atom stereocenters. The molecule has 0 fully saturated rings. The molecule has 130 valence electrons. The van der Waals surface area contributed by atoms with Gasteiger partial charge < -0.3 is 19.9 Å². The van der Waals surface area contributed by atoms with Crippen LogP contribution in [-0.2, 0) is 7.05 Å². The molecule has 24 heavy (non-hydrogen) atoms. The molecule has 0 spiro atoms. The van der Waals surface area contributed by atoms with Gasteiger partial charge in [0.25, 0.3) is 0 Å². The summed E-state index contributed by atoms with van der Waals surface area (Å²) in [5.74, 6) is 0.380. The highest BCUT2D eigenvalue weighted by atomic mass is 19.4. The number of amides is 2. The second kappa shape index (κ2) is 7.15. The summed E-state index contributed by atoms with van der Waals surface area (Å²) in [4.78, 5) is 15.6. The van der Waals surface area contributed by atoms with E-state index in [1.807, 2.05) is 0 Å². The fourth-order valence-corrected chi connectivity index (χ4v) is 1.81. The Morgan fingerprint density at radius 1 is 1.42 bits per heavy atom. The van der Waals surface area contributed by atoms with Crippen LogP contribution in [0.5, 0.6) is 5.88 Å². The number of hydrogen-bond acceptors (Lipinski definition) is 5. The first-order valence-electron chi connectivity index (χ1n) is 6.81. The summed E-state index contributed by atoms with van der Waals surface area (Å²) >= 11 is 0. The maximum atomic E-state index is 12.0. The second-order valence-corrected chi connectivity index (χ2v) is 4.91. The zero-order valence-corrected chi connectivity index (χ0v) is 12.8. The van der Waals surface area contributed by atoms with E-state index in [4.69, 9.17) is 0 Å². The van der Waals surface area contributed by atoms with Crippen molar-refractivity contribution in [3.05, 3.63) is 30.5 Å². The molecular weight excluding hydrogens is 329 g/mol. The number of nitrogens with one attached hydrogen (secondary N) is 2. The fraction of sp³-hybridized carbons (Fsp3) is 0.385. The molecule has 0 aliphatic heterocycles. The number of rotatable bonds is 5. The highest BCUT2D eigenvalue weighted by molar-refractivity contribution is 5.89. The lowest BCUT2D eigenvalue weighted by molar-refractivity contribution is -0.154. The van der Waals surface area contributed by atoms with E-state index in [1.165, 1.54) is 24.7 Å². The van der Waals surface area contributed by atoms with Crippen LogP contribution in [0.4, 0.5) is 23.7 Å². The van der Waals surface area contributed by atoms with Gasteiger partial charge in [-0.15, -0.1) is 10.2 Å². The van der Waals surface area contributed by atoms with Gasteiger partial charge in [0.05, 0.1) is 17.9 Å². The molecule has 0 aliphatic carbocycles. The van der Waals surface area contributed by atoms with Crippen molar-refractivity contribution in [1.82, 2.24) is 25.1 Å². The van der Waals surface area contributed by atoms with Crippen molar-refractivity contribution < 1.29 is 22.7 Å². The quantitative estimate of drug-likeness (QED) is 0.866. The van der Waals surface area contributed by atoms with Gasteiger partial charge in [0.1, 0.15) is 6.33 Å². The van der Waals surface area contributed by atoms with Gasteiger partial charge in [-0.3, -0.25) is 0 Å². The third-order valence-corrected chi connectivity index (χ3v) is 2.86. The number of halogens is 3. The average molecular weight is 344 g/mol. The Bertz CT molecular complexity index is 686. The number of aromatic nitrogens is 4. The number of ether oxygens (including phenoxy) is 1. The van der Waals surface area contributed by atoms with Crippen molar-refractivity contribution in [2.24, 2.45) is 7.05 Å². The molecule has 2 N–H and O–H groups in total. The number of aryl methyl sites for hydroxylation is 1. The summed E-state index contributed by atoms with van der Waals surface area (Å²) in [7, 11) is 1.75. The maximum absolute atomic E-state index is 12.0. The van der Waals surface area contributed by atoms with Crippen LogP contribution in [0, 0.1) is 0 Å². The third-order valence-electron chi connectivity index (χ3n) is 2.86. The van der Waals surface area contributed by atoms with Crippen LogP contribution < -0.4 is 15.4 Å². The molecule has 0 aromatic carbocycles. The van der Waals surface area contributed by atoms with E-state index in [0.717, 1.165) is 0 Å². The minimum Gasteiger partial charge on any atom is -0.468 e. The Labute approximate surface area is 135 Å². The first-order chi connectivity index (χ1) is 11.2. The zero-order chi connectivity index (χ0) is 17.7. The van der Waals surface area contributed by atoms with Gasteiger partial charge in [-0.2, -0.15) is 13.2 Å². The predicted molar refractivity (Wildman–Crippen MR) is 77.4 cm³/mol. The van der Waals surface area contributed by atoms with E-state index in [9.17, 15) is 18.0 Å². The monoisotopic (exact) mass is 344 g/mol. The molecule has 0 aliphatic rings. The third kappa shape index (κ3) is 5.11. The Morgan fingerprint density at radius 3 is 2.71 bits per heavy atom. The molecule has 2 heterocycles. The summed E-state index contributed by atoms with van der Waals surface area (Å²) in [6, 6.07) is 1.70. The van der Waals surface area contributed by atoms with Crippen molar-refractivity contribution >= 4 is 11.7 Å². The number of pyridine rings is 1. The van der Waals surface area contributed by atoms with Crippen LogP contribution in [-0.4, -0.2) is 38.6 Å². The average Bonchev–Trinajstić information content (AvgIpc) is 2.92. The molecule has 0 bridgehead atoms. The summed E-state index contributed by atoms with van der Waals surface area (Å²) in [6.07, 6.45) is -1.73. The summed E-state index contributed by atoms with van der Waals surface area (Å²) < 4.78 is 42.2.